The first-order chi connectivity index (χ1) is 11.2. The first kappa shape index (κ1) is 15.6. The maximum atomic E-state index is 11.8. The number of nitrogens with one attached hydrogen (secondary N) is 2. The Labute approximate surface area is 135 Å². The van der Waals surface area contributed by atoms with Gasteiger partial charge in [0.15, 0.2) is 0 Å². The normalized spacial score (nSPS) is 15.2. The van der Waals surface area contributed by atoms with Gasteiger partial charge in [0.05, 0.1) is 12.9 Å². The van der Waals surface area contributed by atoms with Crippen LogP contribution in [0.4, 0.5) is 4.79 Å². The minimum atomic E-state index is -0.190. The predicted molar refractivity (Wildman–Crippen MR) is 86.8 cm³/mol. The molecule has 6 nitrogen and oxygen atoms in total. The molecule has 0 unspecified atom stereocenters. The third-order valence-electron chi connectivity index (χ3n) is 4.29. The molecule has 1 heterocycles. The van der Waals surface area contributed by atoms with Gasteiger partial charge in [-0.05, 0) is 24.0 Å². The Morgan fingerprint density at radius 3 is 2.83 bits per heavy atom. The summed E-state index contributed by atoms with van der Waals surface area (Å²) in [6.07, 6.45) is 7.44. The highest BCUT2D eigenvalue weighted by Crippen LogP contribution is 2.44. The lowest BCUT2D eigenvalue weighted by Crippen LogP contribution is -2.39. The number of rotatable bonds is 7. The average molecular weight is 314 g/mol. The van der Waals surface area contributed by atoms with Crippen molar-refractivity contribution in [3.63, 3.8) is 0 Å². The maximum absolute atomic E-state index is 11.8. The molecule has 2 aromatic rings. The van der Waals surface area contributed by atoms with Gasteiger partial charge in [-0.1, -0.05) is 24.3 Å². The number of aliphatic hydroxyl groups is 1. The number of urea groups is 1. The predicted octanol–water partition coefficient (Wildman–Crippen LogP) is 1.50. The van der Waals surface area contributed by atoms with E-state index in [-0.39, 0.29) is 18.1 Å². The van der Waals surface area contributed by atoms with E-state index in [1.807, 2.05) is 22.9 Å². The van der Waals surface area contributed by atoms with Crippen LogP contribution in [0.3, 0.4) is 0 Å². The summed E-state index contributed by atoms with van der Waals surface area (Å²) >= 11 is 0. The van der Waals surface area contributed by atoms with E-state index in [9.17, 15) is 9.90 Å². The van der Waals surface area contributed by atoms with Gasteiger partial charge >= 0.3 is 6.03 Å². The molecule has 0 spiro atoms. The zero-order chi connectivity index (χ0) is 16.1. The van der Waals surface area contributed by atoms with Crippen molar-refractivity contribution in [1.82, 2.24) is 20.2 Å². The van der Waals surface area contributed by atoms with Gasteiger partial charge in [-0.2, -0.15) is 0 Å². The number of carbonyl (C=O) groups excluding carboxylic acids is 1. The fourth-order valence-electron chi connectivity index (χ4n) is 2.51. The van der Waals surface area contributed by atoms with Gasteiger partial charge in [0.25, 0.3) is 0 Å². The van der Waals surface area contributed by atoms with Crippen LogP contribution in [-0.2, 0) is 13.1 Å². The highest BCUT2D eigenvalue weighted by Gasteiger charge is 2.42. The molecule has 0 saturated heterocycles. The SMILES string of the molecule is O=C(NCc1cccc(Cn2ccnc2)c1)NCC1(CO)CC1. The Morgan fingerprint density at radius 2 is 2.13 bits per heavy atom. The van der Waals surface area contributed by atoms with Crippen LogP contribution in [0.25, 0.3) is 0 Å². The van der Waals surface area contributed by atoms with Gasteiger partial charge in [0.1, 0.15) is 0 Å². The summed E-state index contributed by atoms with van der Waals surface area (Å²) in [4.78, 5) is 15.9. The average Bonchev–Trinajstić information content (AvgIpc) is 3.19. The minimum Gasteiger partial charge on any atom is -0.396 e. The van der Waals surface area contributed by atoms with Crippen molar-refractivity contribution in [1.29, 1.82) is 0 Å². The molecule has 0 aliphatic heterocycles. The van der Waals surface area contributed by atoms with Crippen molar-refractivity contribution >= 4 is 6.03 Å². The number of nitrogens with zero attached hydrogens (tertiary/aromatic N) is 2. The summed E-state index contributed by atoms with van der Waals surface area (Å²) in [7, 11) is 0. The second-order valence-electron chi connectivity index (χ2n) is 6.25. The molecule has 6 heteroatoms. The molecule has 122 valence electrons. The lowest BCUT2D eigenvalue weighted by molar-refractivity contribution is 0.203. The number of carbonyl (C=O) groups is 1. The van der Waals surface area contributed by atoms with Crippen molar-refractivity contribution < 1.29 is 9.90 Å². The van der Waals surface area contributed by atoms with E-state index in [1.54, 1.807) is 12.5 Å². The minimum absolute atomic E-state index is 0.0674. The third kappa shape index (κ3) is 4.32. The van der Waals surface area contributed by atoms with E-state index in [0.29, 0.717) is 13.1 Å². The van der Waals surface area contributed by atoms with Crippen LogP contribution in [0.5, 0.6) is 0 Å². The number of aliphatic hydroxyl groups excluding tert-OH is 1. The summed E-state index contributed by atoms with van der Waals surface area (Å²) in [5.74, 6) is 0. The van der Waals surface area contributed by atoms with Gasteiger partial charge in [0, 0.05) is 37.4 Å². The van der Waals surface area contributed by atoms with Crippen molar-refractivity contribution in [2.24, 2.45) is 5.41 Å². The zero-order valence-electron chi connectivity index (χ0n) is 13.0. The molecule has 1 fully saturated rings. The van der Waals surface area contributed by atoms with Crippen molar-refractivity contribution in [2.45, 2.75) is 25.9 Å². The van der Waals surface area contributed by atoms with E-state index in [1.165, 1.54) is 5.56 Å². The molecule has 2 amide bonds. The quantitative estimate of drug-likeness (QED) is 0.725. The number of imidazole rings is 1. The van der Waals surface area contributed by atoms with Crippen LogP contribution < -0.4 is 10.6 Å². The highest BCUT2D eigenvalue weighted by molar-refractivity contribution is 5.73. The van der Waals surface area contributed by atoms with Crippen LogP contribution in [0.1, 0.15) is 24.0 Å². The molecule has 1 aromatic heterocycles. The lowest BCUT2D eigenvalue weighted by Gasteiger charge is -2.13. The second-order valence-corrected chi connectivity index (χ2v) is 6.25. The first-order valence-electron chi connectivity index (χ1n) is 7.85. The van der Waals surface area contributed by atoms with Crippen LogP contribution in [0, 0.1) is 5.41 Å². The van der Waals surface area contributed by atoms with E-state index in [4.69, 9.17) is 0 Å². The smallest absolute Gasteiger partial charge is 0.315 e. The summed E-state index contributed by atoms with van der Waals surface area (Å²) in [5, 5.41) is 14.9. The van der Waals surface area contributed by atoms with Gasteiger partial charge in [-0.15, -0.1) is 0 Å². The first-order valence-corrected chi connectivity index (χ1v) is 7.85. The van der Waals surface area contributed by atoms with Gasteiger partial charge in [0.2, 0.25) is 0 Å². The van der Waals surface area contributed by atoms with Gasteiger partial charge in [-0.3, -0.25) is 0 Å². The third-order valence-corrected chi connectivity index (χ3v) is 4.29. The Hall–Kier alpha value is -2.34. The number of amides is 2. The molecule has 1 aliphatic carbocycles. The van der Waals surface area contributed by atoms with Crippen LogP contribution >= 0.6 is 0 Å². The van der Waals surface area contributed by atoms with E-state index in [0.717, 1.165) is 24.9 Å². The lowest BCUT2D eigenvalue weighted by atomic mass is 10.1. The van der Waals surface area contributed by atoms with E-state index in [2.05, 4.69) is 27.8 Å². The largest absolute Gasteiger partial charge is 0.396 e. The van der Waals surface area contributed by atoms with Crippen LogP contribution in [-0.4, -0.2) is 33.8 Å². The van der Waals surface area contributed by atoms with Gasteiger partial charge < -0.3 is 20.3 Å². The van der Waals surface area contributed by atoms with Crippen LogP contribution in [0.2, 0.25) is 0 Å². The van der Waals surface area contributed by atoms with Gasteiger partial charge in [-0.25, -0.2) is 9.78 Å². The molecule has 1 saturated carbocycles. The summed E-state index contributed by atoms with van der Waals surface area (Å²) in [6, 6.07) is 7.93. The fraction of sp³-hybridized carbons (Fsp3) is 0.412. The summed E-state index contributed by atoms with van der Waals surface area (Å²) in [6.45, 7) is 1.92. The summed E-state index contributed by atoms with van der Waals surface area (Å²) < 4.78 is 2.00. The number of benzene rings is 1. The van der Waals surface area contributed by atoms with Crippen molar-refractivity contribution in [3.05, 3.63) is 54.1 Å². The maximum Gasteiger partial charge on any atom is 0.315 e. The Bertz CT molecular complexity index is 650. The molecule has 3 N–H and O–H groups in total. The molecular formula is C17H22N4O2. The Kier molecular flexibility index (Phi) is 4.62. The molecule has 0 atom stereocenters. The van der Waals surface area contributed by atoms with Crippen molar-refractivity contribution in [3.8, 4) is 0 Å². The molecule has 1 aromatic carbocycles. The number of hydrogen-bond donors (Lipinski definition) is 3. The number of hydrogen-bond acceptors (Lipinski definition) is 3. The molecule has 0 radical (unpaired) electrons. The topological polar surface area (TPSA) is 79.2 Å². The van der Waals surface area contributed by atoms with E-state index < -0.39 is 0 Å². The Morgan fingerprint density at radius 1 is 1.30 bits per heavy atom. The molecule has 0 bridgehead atoms. The Balaban J connectivity index is 1.47. The zero-order valence-corrected chi connectivity index (χ0v) is 13.0. The van der Waals surface area contributed by atoms with Crippen LogP contribution in [0.15, 0.2) is 43.0 Å². The molecule has 23 heavy (non-hydrogen) atoms. The number of aromatic nitrogens is 2. The van der Waals surface area contributed by atoms with E-state index >= 15 is 0 Å². The highest BCUT2D eigenvalue weighted by atomic mass is 16.3. The second kappa shape index (κ2) is 6.83. The molecule has 3 rings (SSSR count). The monoisotopic (exact) mass is 314 g/mol. The fourth-order valence-corrected chi connectivity index (χ4v) is 2.51. The standard InChI is InChI=1S/C17H22N4O2/c22-12-17(4-5-17)11-20-16(23)19-9-14-2-1-3-15(8-14)10-21-7-6-18-13-21/h1-3,6-8,13,22H,4-5,9-12H2,(H2,19,20,23). The molecular weight excluding hydrogens is 292 g/mol. The molecule has 1 aliphatic rings. The van der Waals surface area contributed by atoms with Crippen molar-refractivity contribution in [2.75, 3.05) is 13.2 Å². The summed E-state index contributed by atoms with van der Waals surface area (Å²) in [5.41, 5.74) is 2.16.